The summed E-state index contributed by atoms with van der Waals surface area (Å²) in [4.78, 5) is 28.5. The first-order chi connectivity index (χ1) is 8.95. The van der Waals surface area contributed by atoms with Crippen molar-refractivity contribution in [2.24, 2.45) is 11.8 Å². The summed E-state index contributed by atoms with van der Waals surface area (Å²) in [7, 11) is 0. The molecule has 0 radical (unpaired) electrons. The molecule has 0 unspecified atom stereocenters. The molecule has 0 aromatic carbocycles. The van der Waals surface area contributed by atoms with E-state index in [1.165, 1.54) is 0 Å². The summed E-state index contributed by atoms with van der Waals surface area (Å²) in [6.07, 6.45) is 0. The van der Waals surface area contributed by atoms with Crippen LogP contribution >= 0.6 is 0 Å². The summed E-state index contributed by atoms with van der Waals surface area (Å²) in [6.45, 7) is 7.54. The number of rotatable bonds is 3. The zero-order valence-electron chi connectivity index (χ0n) is 11.5. The minimum atomic E-state index is -0.881. The van der Waals surface area contributed by atoms with Crippen molar-refractivity contribution in [1.29, 1.82) is 0 Å². The van der Waals surface area contributed by atoms with Gasteiger partial charge in [-0.25, -0.2) is 0 Å². The highest BCUT2D eigenvalue weighted by atomic mass is 16.5. The maximum Gasteiger partial charge on any atom is 0.320 e. The molecule has 7 heteroatoms. The highest BCUT2D eigenvalue weighted by molar-refractivity contribution is 6.02. The van der Waals surface area contributed by atoms with E-state index >= 15 is 0 Å². The molecule has 0 saturated heterocycles. The second-order valence-corrected chi connectivity index (χ2v) is 4.88. The molecule has 0 bridgehead atoms. The molecule has 0 amide bonds. The molecule has 2 atom stereocenters. The number of nitrogens with one attached hydrogen (secondary N) is 1. The Balaban J connectivity index is 2.40. The molecule has 1 aromatic heterocycles. The highest BCUT2D eigenvalue weighted by Gasteiger charge is 2.44. The average molecular weight is 266 g/mol. The number of hydrogen-bond acceptors (Lipinski definition) is 6. The highest BCUT2D eigenvalue weighted by Crippen LogP contribution is 2.26. The topological polar surface area (TPSA) is 86.1 Å². The second-order valence-electron chi connectivity index (χ2n) is 4.88. The summed E-state index contributed by atoms with van der Waals surface area (Å²) >= 11 is 0. The summed E-state index contributed by atoms with van der Waals surface area (Å²) in [5.74, 6) is -0.814. The number of esters is 1. The largest absolute Gasteiger partial charge is 0.465 e. The van der Waals surface area contributed by atoms with E-state index in [9.17, 15) is 9.59 Å². The fraction of sp³-hybridized carbons (Fsp3) is 0.667. The van der Waals surface area contributed by atoms with E-state index in [0.29, 0.717) is 11.8 Å². The Morgan fingerprint density at radius 2 is 2.21 bits per heavy atom. The molecule has 104 valence electrons. The Kier molecular flexibility index (Phi) is 3.55. The SMILES string of the molecule is CCOC(=O)[C@H]1C(=O)n2nc(C)nc2N[C@H]1C(C)C. The van der Waals surface area contributed by atoms with Gasteiger partial charge in [-0.3, -0.25) is 9.59 Å². The molecule has 1 N–H and O–H groups in total. The average Bonchev–Trinajstić information content (AvgIpc) is 2.70. The molecule has 0 fully saturated rings. The molecule has 0 spiro atoms. The molecule has 1 aliphatic rings. The van der Waals surface area contributed by atoms with Gasteiger partial charge in [-0.15, -0.1) is 5.10 Å². The van der Waals surface area contributed by atoms with Crippen LogP contribution in [0.5, 0.6) is 0 Å². The van der Waals surface area contributed by atoms with Crippen molar-refractivity contribution in [3.63, 3.8) is 0 Å². The summed E-state index contributed by atoms with van der Waals surface area (Å²) in [5, 5.41) is 7.11. The number of ether oxygens (including phenoxy) is 1. The smallest absolute Gasteiger partial charge is 0.320 e. The van der Waals surface area contributed by atoms with E-state index < -0.39 is 11.9 Å². The van der Waals surface area contributed by atoms with Crippen LogP contribution in [0.1, 0.15) is 31.4 Å². The molecular weight excluding hydrogens is 248 g/mol. The van der Waals surface area contributed by atoms with Crippen molar-refractivity contribution in [2.45, 2.75) is 33.7 Å². The predicted octanol–water partition coefficient (Wildman–Crippen LogP) is 0.856. The van der Waals surface area contributed by atoms with E-state index in [2.05, 4.69) is 15.4 Å². The van der Waals surface area contributed by atoms with Crippen molar-refractivity contribution in [3.05, 3.63) is 5.82 Å². The van der Waals surface area contributed by atoms with Gasteiger partial charge in [0.05, 0.1) is 12.6 Å². The number of anilines is 1. The fourth-order valence-electron chi connectivity index (χ4n) is 2.21. The molecule has 1 aromatic rings. The molecule has 0 saturated carbocycles. The van der Waals surface area contributed by atoms with Crippen molar-refractivity contribution in [2.75, 3.05) is 11.9 Å². The van der Waals surface area contributed by atoms with E-state index in [4.69, 9.17) is 4.74 Å². The standard InChI is InChI=1S/C12H18N4O3/c1-5-19-11(18)8-9(6(2)3)14-12-13-7(4)15-16(12)10(8)17/h6,8-9H,5H2,1-4H3,(H,13,14,15)/t8-,9+/m1/s1. The van der Waals surface area contributed by atoms with Crippen LogP contribution in [0.2, 0.25) is 0 Å². The summed E-state index contributed by atoms with van der Waals surface area (Å²) in [5.41, 5.74) is 0. The first kappa shape index (κ1) is 13.5. The number of nitrogens with zero attached hydrogens (tertiary/aromatic N) is 3. The molecular formula is C12H18N4O3. The number of carbonyl (C=O) groups is 2. The lowest BCUT2D eigenvalue weighted by Gasteiger charge is -2.32. The summed E-state index contributed by atoms with van der Waals surface area (Å²) in [6, 6.07) is -0.331. The van der Waals surface area contributed by atoms with Gasteiger partial charge in [-0.05, 0) is 19.8 Å². The van der Waals surface area contributed by atoms with Crippen LogP contribution in [0.15, 0.2) is 0 Å². The van der Waals surface area contributed by atoms with Crippen LogP contribution in [0.3, 0.4) is 0 Å². The van der Waals surface area contributed by atoms with Crippen LogP contribution in [-0.2, 0) is 9.53 Å². The van der Waals surface area contributed by atoms with Gasteiger partial charge in [0.2, 0.25) is 5.95 Å². The van der Waals surface area contributed by atoms with Crippen LogP contribution in [-0.4, -0.2) is 39.3 Å². The van der Waals surface area contributed by atoms with E-state index in [-0.39, 0.29) is 24.5 Å². The Labute approximate surface area is 111 Å². The third-order valence-corrected chi connectivity index (χ3v) is 3.10. The van der Waals surface area contributed by atoms with Gasteiger partial charge in [0, 0.05) is 0 Å². The van der Waals surface area contributed by atoms with Gasteiger partial charge in [0.25, 0.3) is 5.91 Å². The predicted molar refractivity (Wildman–Crippen MR) is 67.8 cm³/mol. The Bertz CT molecular complexity index is 509. The van der Waals surface area contributed by atoms with Gasteiger partial charge in [-0.2, -0.15) is 9.67 Å². The minimum Gasteiger partial charge on any atom is -0.465 e. The molecule has 2 rings (SSSR count). The first-order valence-electron chi connectivity index (χ1n) is 6.36. The van der Waals surface area contributed by atoms with Crippen molar-refractivity contribution >= 4 is 17.8 Å². The van der Waals surface area contributed by atoms with Crippen LogP contribution in [0.4, 0.5) is 5.95 Å². The zero-order chi connectivity index (χ0) is 14.2. The molecule has 7 nitrogen and oxygen atoms in total. The molecule has 19 heavy (non-hydrogen) atoms. The first-order valence-corrected chi connectivity index (χ1v) is 6.36. The molecule has 2 heterocycles. The lowest BCUT2D eigenvalue weighted by molar-refractivity contribution is -0.147. The van der Waals surface area contributed by atoms with E-state index in [1.807, 2.05) is 13.8 Å². The Morgan fingerprint density at radius 1 is 1.53 bits per heavy atom. The Hall–Kier alpha value is -1.92. The summed E-state index contributed by atoms with van der Waals surface area (Å²) < 4.78 is 6.14. The quantitative estimate of drug-likeness (QED) is 0.645. The van der Waals surface area contributed by atoms with Crippen molar-refractivity contribution in [3.8, 4) is 0 Å². The van der Waals surface area contributed by atoms with Crippen molar-refractivity contribution < 1.29 is 14.3 Å². The molecule has 0 aliphatic carbocycles. The third kappa shape index (κ3) is 2.32. The monoisotopic (exact) mass is 266 g/mol. The van der Waals surface area contributed by atoms with Crippen LogP contribution in [0, 0.1) is 18.8 Å². The third-order valence-electron chi connectivity index (χ3n) is 3.10. The normalized spacial score (nSPS) is 22.1. The van der Waals surface area contributed by atoms with Gasteiger partial charge in [0.1, 0.15) is 5.82 Å². The Morgan fingerprint density at radius 3 is 2.79 bits per heavy atom. The van der Waals surface area contributed by atoms with E-state index in [1.54, 1.807) is 13.8 Å². The maximum atomic E-state index is 12.4. The number of aromatic nitrogens is 3. The van der Waals surface area contributed by atoms with Gasteiger partial charge in [0.15, 0.2) is 5.92 Å². The number of aryl methyl sites for hydroxylation is 1. The van der Waals surface area contributed by atoms with Gasteiger partial charge in [-0.1, -0.05) is 13.8 Å². The van der Waals surface area contributed by atoms with Gasteiger partial charge < -0.3 is 10.1 Å². The fourth-order valence-corrected chi connectivity index (χ4v) is 2.21. The molecule has 1 aliphatic heterocycles. The number of hydrogen-bond donors (Lipinski definition) is 1. The maximum absolute atomic E-state index is 12.4. The lowest BCUT2D eigenvalue weighted by atomic mass is 9.88. The van der Waals surface area contributed by atoms with Gasteiger partial charge >= 0.3 is 5.97 Å². The van der Waals surface area contributed by atoms with Crippen LogP contribution in [0.25, 0.3) is 0 Å². The second kappa shape index (κ2) is 4.99. The number of carbonyl (C=O) groups excluding carboxylic acids is 2. The van der Waals surface area contributed by atoms with Crippen LogP contribution < -0.4 is 5.32 Å². The number of fused-ring (bicyclic) bond motifs is 1. The van der Waals surface area contributed by atoms with E-state index in [0.717, 1.165) is 4.68 Å². The zero-order valence-corrected chi connectivity index (χ0v) is 11.5. The lowest BCUT2D eigenvalue weighted by Crippen LogP contribution is -2.50. The minimum absolute atomic E-state index is 0.0871. The van der Waals surface area contributed by atoms with Crippen molar-refractivity contribution in [1.82, 2.24) is 14.8 Å².